The van der Waals surface area contributed by atoms with Gasteiger partial charge in [-0.3, -0.25) is 14.4 Å². The predicted molar refractivity (Wildman–Crippen MR) is 94.1 cm³/mol. The van der Waals surface area contributed by atoms with Crippen LogP contribution in [0.2, 0.25) is 0 Å². The molecule has 0 N–H and O–H groups in total. The van der Waals surface area contributed by atoms with Crippen LogP contribution in [0.25, 0.3) is 0 Å². The average molecular weight is 358 g/mol. The zero-order valence-electron chi connectivity index (χ0n) is 15.5. The van der Waals surface area contributed by atoms with Crippen LogP contribution in [0, 0.1) is 0 Å². The molecule has 9 nitrogen and oxygen atoms in total. The summed E-state index contributed by atoms with van der Waals surface area (Å²) in [5, 5.41) is 16.8. The van der Waals surface area contributed by atoms with Crippen LogP contribution < -0.4 is 0 Å². The van der Waals surface area contributed by atoms with Crippen LogP contribution in [0.5, 0.6) is 0 Å². The summed E-state index contributed by atoms with van der Waals surface area (Å²) in [6.45, 7) is 1.58. The minimum atomic E-state index is -0.341. The average Bonchev–Trinajstić information content (AvgIpc) is 3.39. The van der Waals surface area contributed by atoms with Gasteiger partial charge in [-0.1, -0.05) is 12.8 Å². The van der Waals surface area contributed by atoms with Crippen molar-refractivity contribution in [3.63, 3.8) is 0 Å². The van der Waals surface area contributed by atoms with Crippen LogP contribution in [-0.4, -0.2) is 72.9 Å². The number of rotatable bonds is 5. The van der Waals surface area contributed by atoms with Gasteiger partial charge in [0.05, 0.1) is 6.04 Å². The normalized spacial score (nSPS) is 24.0. The van der Waals surface area contributed by atoms with Crippen LogP contribution in [0.3, 0.4) is 0 Å². The summed E-state index contributed by atoms with van der Waals surface area (Å²) in [5.41, 5.74) is -0.341. The lowest BCUT2D eigenvalue weighted by atomic mass is 9.95. The van der Waals surface area contributed by atoms with E-state index in [1.165, 1.54) is 12.8 Å². The van der Waals surface area contributed by atoms with Crippen LogP contribution in [-0.2, 0) is 16.9 Å². The van der Waals surface area contributed by atoms with E-state index < -0.39 is 0 Å². The first-order valence-corrected chi connectivity index (χ1v) is 9.31. The fraction of sp³-hybridized carbons (Fsp3) is 0.706. The van der Waals surface area contributed by atoms with Crippen molar-refractivity contribution in [2.24, 2.45) is 0 Å². The number of likely N-dealkylation sites (N-methyl/N-ethyl adjacent to an activating group) is 1. The van der Waals surface area contributed by atoms with Gasteiger partial charge in [0, 0.05) is 25.5 Å². The Bertz CT molecular complexity index is 749. The smallest absolute Gasteiger partial charge is 0.244 e. The van der Waals surface area contributed by atoms with E-state index in [2.05, 4.69) is 39.6 Å². The summed E-state index contributed by atoms with van der Waals surface area (Å²) in [5.74, 6) is 0.973. The number of carbonyl (C=O) groups is 1. The van der Waals surface area contributed by atoms with Crippen LogP contribution in [0.4, 0.5) is 0 Å². The number of hydrogen-bond donors (Lipinski definition) is 0. The molecule has 26 heavy (non-hydrogen) atoms. The van der Waals surface area contributed by atoms with Crippen LogP contribution in [0.1, 0.15) is 44.0 Å². The van der Waals surface area contributed by atoms with Crippen molar-refractivity contribution in [1.29, 1.82) is 0 Å². The van der Waals surface area contributed by atoms with Crippen molar-refractivity contribution >= 4 is 5.91 Å². The topological polar surface area (TPSA) is 85.0 Å². The first-order valence-electron chi connectivity index (χ1n) is 9.31. The summed E-state index contributed by atoms with van der Waals surface area (Å²) in [4.78, 5) is 16.8. The fourth-order valence-electron chi connectivity index (χ4n) is 4.28. The van der Waals surface area contributed by atoms with Gasteiger partial charge in [0.2, 0.25) is 5.91 Å². The maximum Gasteiger partial charge on any atom is 0.244 e. The van der Waals surface area contributed by atoms with Crippen molar-refractivity contribution < 1.29 is 4.79 Å². The molecule has 1 unspecified atom stereocenters. The molecule has 2 fully saturated rings. The summed E-state index contributed by atoms with van der Waals surface area (Å²) in [6.07, 6.45) is 9.05. The SMILES string of the molecule is CN(C)C1(c2nnnn2C2CCCC2)CCN(C(=O)Cn2cccn2)C1. The van der Waals surface area contributed by atoms with E-state index in [9.17, 15) is 4.79 Å². The molecule has 1 amide bonds. The number of likely N-dealkylation sites (tertiary alicyclic amines) is 1. The molecule has 9 heteroatoms. The monoisotopic (exact) mass is 358 g/mol. The van der Waals surface area contributed by atoms with Gasteiger partial charge in [0.15, 0.2) is 5.82 Å². The number of hydrogen-bond acceptors (Lipinski definition) is 6. The van der Waals surface area contributed by atoms with Crippen molar-refractivity contribution in [1.82, 2.24) is 39.8 Å². The number of amides is 1. The molecule has 1 aliphatic carbocycles. The second-order valence-corrected chi connectivity index (χ2v) is 7.58. The first kappa shape index (κ1) is 17.1. The number of tetrazole rings is 1. The Morgan fingerprint density at radius 3 is 2.85 bits per heavy atom. The molecule has 3 heterocycles. The molecule has 2 aromatic heterocycles. The lowest BCUT2D eigenvalue weighted by Crippen LogP contribution is -2.47. The first-order chi connectivity index (χ1) is 12.6. The molecular formula is C17H26N8O. The van der Waals surface area contributed by atoms with Gasteiger partial charge in [0.25, 0.3) is 0 Å². The van der Waals surface area contributed by atoms with Gasteiger partial charge >= 0.3 is 0 Å². The van der Waals surface area contributed by atoms with Gasteiger partial charge < -0.3 is 4.90 Å². The molecule has 2 aromatic rings. The Morgan fingerprint density at radius 2 is 2.15 bits per heavy atom. The molecular weight excluding hydrogens is 332 g/mol. The highest BCUT2D eigenvalue weighted by atomic mass is 16.2. The maximum atomic E-state index is 12.7. The summed E-state index contributed by atoms with van der Waals surface area (Å²) in [6, 6.07) is 2.21. The quantitative estimate of drug-likeness (QED) is 0.781. The molecule has 0 aromatic carbocycles. The van der Waals surface area contributed by atoms with Gasteiger partial charge in [0.1, 0.15) is 12.1 Å². The summed E-state index contributed by atoms with van der Waals surface area (Å²) < 4.78 is 3.69. The van der Waals surface area contributed by atoms with E-state index in [4.69, 9.17) is 0 Å². The van der Waals surface area contributed by atoms with Gasteiger partial charge in [-0.05, 0) is 49.9 Å². The molecule has 4 rings (SSSR count). The zero-order valence-corrected chi connectivity index (χ0v) is 15.5. The van der Waals surface area contributed by atoms with E-state index in [0.29, 0.717) is 19.1 Å². The third-order valence-corrected chi connectivity index (χ3v) is 5.89. The highest BCUT2D eigenvalue weighted by Gasteiger charge is 2.47. The number of nitrogens with zero attached hydrogens (tertiary/aromatic N) is 8. The fourth-order valence-corrected chi connectivity index (χ4v) is 4.28. The van der Waals surface area contributed by atoms with Crippen LogP contribution >= 0.6 is 0 Å². The highest BCUT2D eigenvalue weighted by molar-refractivity contribution is 5.76. The van der Waals surface area contributed by atoms with E-state index in [0.717, 1.165) is 25.1 Å². The third kappa shape index (κ3) is 2.90. The van der Waals surface area contributed by atoms with Crippen LogP contribution in [0.15, 0.2) is 18.5 Å². The minimum Gasteiger partial charge on any atom is -0.339 e. The molecule has 0 bridgehead atoms. The summed E-state index contributed by atoms with van der Waals surface area (Å²) in [7, 11) is 4.10. The Balaban J connectivity index is 1.57. The molecule has 0 spiro atoms. The standard InChI is InChI=1S/C17H26N8O/c1-22(2)17(16-19-20-21-25(16)14-6-3-4-7-14)8-11-23(13-17)15(26)12-24-10-5-9-18-24/h5,9-10,14H,3-4,6-8,11-13H2,1-2H3. The van der Waals surface area contributed by atoms with Gasteiger partial charge in [-0.25, -0.2) is 4.68 Å². The Kier molecular flexibility index (Phi) is 4.47. The van der Waals surface area contributed by atoms with Gasteiger partial charge in [-0.15, -0.1) is 5.10 Å². The van der Waals surface area contributed by atoms with Crippen molar-refractivity contribution in [3.8, 4) is 0 Å². The molecule has 1 saturated heterocycles. The Labute approximate surface area is 152 Å². The number of carbonyl (C=O) groups excluding carboxylic acids is 1. The molecule has 1 aliphatic heterocycles. The number of aromatic nitrogens is 6. The molecule has 140 valence electrons. The van der Waals surface area contributed by atoms with Crippen molar-refractivity contribution in [2.45, 2.75) is 50.2 Å². The molecule has 2 aliphatic rings. The lowest BCUT2D eigenvalue weighted by Gasteiger charge is -2.35. The zero-order chi connectivity index (χ0) is 18.1. The van der Waals surface area contributed by atoms with E-state index in [-0.39, 0.29) is 18.0 Å². The van der Waals surface area contributed by atoms with Gasteiger partial charge in [-0.2, -0.15) is 5.10 Å². The second kappa shape index (κ2) is 6.79. The van der Waals surface area contributed by atoms with Crippen molar-refractivity contribution in [3.05, 3.63) is 24.3 Å². The minimum absolute atomic E-state index is 0.0808. The Hall–Kier alpha value is -2.29. The molecule has 1 saturated carbocycles. The largest absolute Gasteiger partial charge is 0.339 e. The van der Waals surface area contributed by atoms with E-state index in [1.54, 1.807) is 10.9 Å². The molecule has 1 atom stereocenters. The third-order valence-electron chi connectivity index (χ3n) is 5.89. The Morgan fingerprint density at radius 1 is 1.35 bits per heavy atom. The maximum absolute atomic E-state index is 12.7. The highest BCUT2D eigenvalue weighted by Crippen LogP contribution is 2.38. The second-order valence-electron chi connectivity index (χ2n) is 7.58. The molecule has 0 radical (unpaired) electrons. The lowest BCUT2D eigenvalue weighted by molar-refractivity contribution is -0.131. The van der Waals surface area contributed by atoms with E-state index in [1.807, 2.05) is 21.8 Å². The summed E-state index contributed by atoms with van der Waals surface area (Å²) >= 11 is 0. The van der Waals surface area contributed by atoms with E-state index >= 15 is 0 Å². The predicted octanol–water partition coefficient (Wildman–Crippen LogP) is 0.674. The van der Waals surface area contributed by atoms with Crippen molar-refractivity contribution in [2.75, 3.05) is 27.2 Å².